The smallest absolute Gasteiger partial charge is 0.152 e. The number of morpholine rings is 1. The molecule has 1 fully saturated rings. The normalized spacial score (nSPS) is 21.1. The monoisotopic (exact) mass is 221 g/mol. The SMILES string of the molecule is CCC1COCCN1c1nc(C)ccc1N. The maximum Gasteiger partial charge on any atom is 0.152 e. The molecule has 88 valence electrons. The molecule has 1 aliphatic rings. The van der Waals surface area contributed by atoms with Crippen LogP contribution in [0.5, 0.6) is 0 Å². The van der Waals surface area contributed by atoms with Gasteiger partial charge in [0, 0.05) is 12.2 Å². The van der Waals surface area contributed by atoms with Gasteiger partial charge in [0.05, 0.1) is 24.9 Å². The standard InChI is InChI=1S/C12H19N3O/c1-3-10-8-16-7-6-15(10)12-11(13)5-4-9(2)14-12/h4-5,10H,3,6-8,13H2,1-2H3. The van der Waals surface area contributed by atoms with Crippen LogP contribution in [0.25, 0.3) is 0 Å². The molecule has 0 saturated carbocycles. The first-order valence-corrected chi connectivity index (χ1v) is 5.80. The lowest BCUT2D eigenvalue weighted by atomic mass is 10.1. The van der Waals surface area contributed by atoms with Gasteiger partial charge in [0.2, 0.25) is 0 Å². The summed E-state index contributed by atoms with van der Waals surface area (Å²) >= 11 is 0. The highest BCUT2D eigenvalue weighted by Gasteiger charge is 2.24. The number of nitrogen functional groups attached to an aromatic ring is 1. The summed E-state index contributed by atoms with van der Waals surface area (Å²) in [5.74, 6) is 0.912. The Morgan fingerprint density at radius 1 is 1.56 bits per heavy atom. The van der Waals surface area contributed by atoms with Crippen molar-refractivity contribution in [2.75, 3.05) is 30.4 Å². The minimum Gasteiger partial charge on any atom is -0.396 e. The molecular weight excluding hydrogens is 202 g/mol. The summed E-state index contributed by atoms with van der Waals surface area (Å²) in [7, 11) is 0. The Bertz CT molecular complexity index is 367. The first-order chi connectivity index (χ1) is 7.72. The van der Waals surface area contributed by atoms with E-state index >= 15 is 0 Å². The van der Waals surface area contributed by atoms with E-state index in [0.29, 0.717) is 6.04 Å². The van der Waals surface area contributed by atoms with E-state index in [4.69, 9.17) is 10.5 Å². The summed E-state index contributed by atoms with van der Waals surface area (Å²) in [4.78, 5) is 6.81. The van der Waals surface area contributed by atoms with Gasteiger partial charge in [-0.2, -0.15) is 0 Å². The molecule has 0 aliphatic carbocycles. The number of anilines is 2. The third-order valence-electron chi connectivity index (χ3n) is 3.02. The van der Waals surface area contributed by atoms with Crippen LogP contribution in [0.15, 0.2) is 12.1 Å². The molecule has 1 aromatic rings. The van der Waals surface area contributed by atoms with Gasteiger partial charge >= 0.3 is 0 Å². The van der Waals surface area contributed by atoms with E-state index in [1.165, 1.54) is 0 Å². The first kappa shape index (κ1) is 11.2. The van der Waals surface area contributed by atoms with Crippen LogP contribution in [0.2, 0.25) is 0 Å². The minimum atomic E-state index is 0.394. The van der Waals surface area contributed by atoms with Gasteiger partial charge in [-0.25, -0.2) is 4.98 Å². The number of rotatable bonds is 2. The molecule has 1 unspecified atom stereocenters. The highest BCUT2D eigenvalue weighted by molar-refractivity contribution is 5.63. The number of pyridine rings is 1. The maximum absolute atomic E-state index is 5.99. The van der Waals surface area contributed by atoms with Crippen molar-refractivity contribution in [3.05, 3.63) is 17.8 Å². The van der Waals surface area contributed by atoms with Crippen LogP contribution < -0.4 is 10.6 Å². The van der Waals surface area contributed by atoms with E-state index in [9.17, 15) is 0 Å². The van der Waals surface area contributed by atoms with Crippen molar-refractivity contribution in [1.29, 1.82) is 0 Å². The van der Waals surface area contributed by atoms with Crippen LogP contribution in [0.3, 0.4) is 0 Å². The maximum atomic E-state index is 5.99. The average molecular weight is 221 g/mol. The van der Waals surface area contributed by atoms with Crippen LogP contribution in [0.1, 0.15) is 19.0 Å². The number of hydrogen-bond donors (Lipinski definition) is 1. The Morgan fingerprint density at radius 2 is 2.38 bits per heavy atom. The lowest BCUT2D eigenvalue weighted by molar-refractivity contribution is 0.0926. The van der Waals surface area contributed by atoms with Gasteiger partial charge in [0.25, 0.3) is 0 Å². The molecular formula is C12H19N3O. The van der Waals surface area contributed by atoms with E-state index in [2.05, 4.69) is 16.8 Å². The van der Waals surface area contributed by atoms with Gasteiger partial charge in [-0.05, 0) is 25.5 Å². The van der Waals surface area contributed by atoms with Gasteiger partial charge in [0.15, 0.2) is 5.82 Å². The fraction of sp³-hybridized carbons (Fsp3) is 0.583. The number of nitrogens with zero attached hydrogens (tertiary/aromatic N) is 2. The fourth-order valence-corrected chi connectivity index (χ4v) is 2.06. The van der Waals surface area contributed by atoms with Crippen molar-refractivity contribution in [3.8, 4) is 0 Å². The number of nitrogens with two attached hydrogens (primary N) is 1. The van der Waals surface area contributed by atoms with E-state index < -0.39 is 0 Å². The molecule has 1 aliphatic heterocycles. The predicted molar refractivity (Wildman–Crippen MR) is 65.6 cm³/mol. The average Bonchev–Trinajstić information content (AvgIpc) is 2.32. The van der Waals surface area contributed by atoms with E-state index in [1.54, 1.807) is 0 Å². The van der Waals surface area contributed by atoms with Gasteiger partial charge < -0.3 is 15.4 Å². The third-order valence-corrected chi connectivity index (χ3v) is 3.02. The molecule has 16 heavy (non-hydrogen) atoms. The second kappa shape index (κ2) is 4.70. The lowest BCUT2D eigenvalue weighted by Gasteiger charge is -2.36. The number of hydrogen-bond acceptors (Lipinski definition) is 4. The van der Waals surface area contributed by atoms with E-state index in [1.807, 2.05) is 19.1 Å². The quantitative estimate of drug-likeness (QED) is 0.824. The highest BCUT2D eigenvalue weighted by Crippen LogP contribution is 2.25. The van der Waals surface area contributed by atoms with Gasteiger partial charge in [-0.15, -0.1) is 0 Å². The fourth-order valence-electron chi connectivity index (χ4n) is 2.06. The largest absolute Gasteiger partial charge is 0.396 e. The van der Waals surface area contributed by atoms with Crippen LogP contribution in [-0.2, 0) is 4.74 Å². The summed E-state index contributed by atoms with van der Waals surface area (Å²) in [5, 5.41) is 0. The van der Waals surface area contributed by atoms with Crippen molar-refractivity contribution in [1.82, 2.24) is 4.98 Å². The van der Waals surface area contributed by atoms with E-state index in [-0.39, 0.29) is 0 Å². The minimum absolute atomic E-state index is 0.394. The number of ether oxygens (including phenoxy) is 1. The topological polar surface area (TPSA) is 51.4 Å². The molecule has 1 aromatic heterocycles. The number of aryl methyl sites for hydroxylation is 1. The van der Waals surface area contributed by atoms with Crippen molar-refractivity contribution in [2.45, 2.75) is 26.3 Å². The van der Waals surface area contributed by atoms with Crippen molar-refractivity contribution in [3.63, 3.8) is 0 Å². The van der Waals surface area contributed by atoms with Crippen molar-refractivity contribution in [2.24, 2.45) is 0 Å². The molecule has 0 bridgehead atoms. The molecule has 0 amide bonds. The van der Waals surface area contributed by atoms with E-state index in [0.717, 1.165) is 43.4 Å². The zero-order valence-corrected chi connectivity index (χ0v) is 9.94. The first-order valence-electron chi connectivity index (χ1n) is 5.80. The molecule has 2 N–H and O–H groups in total. The second-order valence-corrected chi connectivity index (χ2v) is 4.20. The Labute approximate surface area is 96.4 Å². The second-order valence-electron chi connectivity index (χ2n) is 4.20. The summed E-state index contributed by atoms with van der Waals surface area (Å²) in [6, 6.07) is 4.27. The molecule has 0 spiro atoms. The zero-order valence-electron chi connectivity index (χ0n) is 9.94. The van der Waals surface area contributed by atoms with Gasteiger partial charge in [-0.1, -0.05) is 6.92 Å². The van der Waals surface area contributed by atoms with Crippen LogP contribution in [0, 0.1) is 6.92 Å². The van der Waals surface area contributed by atoms with Gasteiger partial charge in [-0.3, -0.25) is 0 Å². The molecule has 2 rings (SSSR count). The molecule has 0 aromatic carbocycles. The third kappa shape index (κ3) is 2.11. The van der Waals surface area contributed by atoms with Crippen LogP contribution in [-0.4, -0.2) is 30.8 Å². The van der Waals surface area contributed by atoms with Crippen LogP contribution in [0.4, 0.5) is 11.5 Å². The Kier molecular flexibility index (Phi) is 3.29. The molecule has 4 nitrogen and oxygen atoms in total. The summed E-state index contributed by atoms with van der Waals surface area (Å²) < 4.78 is 5.48. The highest BCUT2D eigenvalue weighted by atomic mass is 16.5. The van der Waals surface area contributed by atoms with Crippen molar-refractivity contribution >= 4 is 11.5 Å². The molecule has 1 atom stereocenters. The summed E-state index contributed by atoms with van der Waals surface area (Å²) in [6.07, 6.45) is 1.05. The zero-order chi connectivity index (χ0) is 11.5. The Hall–Kier alpha value is -1.29. The Morgan fingerprint density at radius 3 is 3.12 bits per heavy atom. The Balaban J connectivity index is 2.30. The van der Waals surface area contributed by atoms with Crippen LogP contribution >= 0.6 is 0 Å². The number of aromatic nitrogens is 1. The summed E-state index contributed by atoms with van der Waals surface area (Å²) in [6.45, 7) is 6.55. The van der Waals surface area contributed by atoms with Crippen molar-refractivity contribution < 1.29 is 4.74 Å². The molecule has 4 heteroatoms. The molecule has 0 radical (unpaired) electrons. The predicted octanol–water partition coefficient (Wildman–Crippen LogP) is 1.59. The summed E-state index contributed by atoms with van der Waals surface area (Å²) in [5.41, 5.74) is 7.75. The van der Waals surface area contributed by atoms with Gasteiger partial charge in [0.1, 0.15) is 0 Å². The lowest BCUT2D eigenvalue weighted by Crippen LogP contribution is -2.46. The molecule has 2 heterocycles. The molecule has 1 saturated heterocycles.